The van der Waals surface area contributed by atoms with Crippen LogP contribution in [0.2, 0.25) is 0 Å². The van der Waals surface area contributed by atoms with E-state index >= 15 is 0 Å². The van der Waals surface area contributed by atoms with E-state index in [-0.39, 0.29) is 13.1 Å². The summed E-state index contributed by atoms with van der Waals surface area (Å²) in [4.78, 5) is 12.6. The Labute approximate surface area is 172 Å². The number of benzene rings is 2. The van der Waals surface area contributed by atoms with Crippen molar-refractivity contribution in [1.82, 2.24) is 9.62 Å². The van der Waals surface area contributed by atoms with Crippen LogP contribution in [0.1, 0.15) is 29.7 Å². The van der Waals surface area contributed by atoms with Crippen LogP contribution < -0.4 is 14.8 Å². The van der Waals surface area contributed by atoms with Gasteiger partial charge in [-0.25, -0.2) is 8.42 Å². The molecule has 2 aromatic carbocycles. The molecule has 0 radical (unpaired) electrons. The normalized spacial score (nSPS) is 12.5. The Morgan fingerprint density at radius 1 is 1.10 bits per heavy atom. The van der Waals surface area contributed by atoms with Crippen LogP contribution in [0.3, 0.4) is 0 Å². The van der Waals surface area contributed by atoms with E-state index in [4.69, 9.17) is 9.47 Å². The van der Waals surface area contributed by atoms with Gasteiger partial charge >= 0.3 is 0 Å². The summed E-state index contributed by atoms with van der Waals surface area (Å²) in [5.41, 5.74) is 2.64. The summed E-state index contributed by atoms with van der Waals surface area (Å²) in [5.74, 6) is 0.845. The fraction of sp³-hybridized carbons (Fsp3) is 0.381. The lowest BCUT2D eigenvalue weighted by molar-refractivity contribution is -0.122. The van der Waals surface area contributed by atoms with E-state index in [1.807, 2.05) is 31.2 Å². The van der Waals surface area contributed by atoms with Crippen molar-refractivity contribution in [3.8, 4) is 11.5 Å². The molecule has 0 aliphatic carbocycles. The van der Waals surface area contributed by atoms with Crippen molar-refractivity contribution in [2.24, 2.45) is 0 Å². The topological polar surface area (TPSA) is 84.9 Å². The van der Waals surface area contributed by atoms with Crippen molar-refractivity contribution in [2.45, 2.75) is 26.4 Å². The predicted octanol–water partition coefficient (Wildman–Crippen LogP) is 2.65. The second-order valence-corrected chi connectivity index (χ2v) is 8.90. The number of methoxy groups -OCH3 is 2. The maximum absolute atomic E-state index is 12.6. The van der Waals surface area contributed by atoms with Crippen molar-refractivity contribution >= 4 is 15.9 Å². The first-order chi connectivity index (χ1) is 13.6. The van der Waals surface area contributed by atoms with E-state index in [9.17, 15) is 13.2 Å². The maximum atomic E-state index is 12.6. The molecule has 1 amide bonds. The van der Waals surface area contributed by atoms with Gasteiger partial charge < -0.3 is 14.8 Å². The van der Waals surface area contributed by atoms with E-state index in [0.717, 1.165) is 27.3 Å². The largest absolute Gasteiger partial charge is 0.497 e. The van der Waals surface area contributed by atoms with Crippen molar-refractivity contribution < 1.29 is 22.7 Å². The smallest absolute Gasteiger partial charge is 0.235 e. The van der Waals surface area contributed by atoms with Gasteiger partial charge in [0, 0.05) is 12.1 Å². The minimum absolute atomic E-state index is 0.128. The number of sulfonamides is 1. The van der Waals surface area contributed by atoms with Crippen LogP contribution in [0.4, 0.5) is 0 Å². The number of rotatable bonds is 9. The van der Waals surface area contributed by atoms with E-state index in [0.29, 0.717) is 11.5 Å². The van der Waals surface area contributed by atoms with Crippen molar-refractivity contribution in [3.63, 3.8) is 0 Å². The Hall–Kier alpha value is -2.58. The molecular weight excluding hydrogens is 392 g/mol. The average Bonchev–Trinajstić information content (AvgIpc) is 2.67. The van der Waals surface area contributed by atoms with E-state index in [1.54, 1.807) is 39.3 Å². The summed E-state index contributed by atoms with van der Waals surface area (Å²) in [6.45, 7) is 3.62. The van der Waals surface area contributed by atoms with Gasteiger partial charge in [0.1, 0.15) is 11.5 Å². The predicted molar refractivity (Wildman–Crippen MR) is 113 cm³/mol. The van der Waals surface area contributed by atoms with Gasteiger partial charge in [0.05, 0.1) is 33.1 Å². The highest BCUT2D eigenvalue weighted by molar-refractivity contribution is 7.88. The highest BCUT2D eigenvalue weighted by Gasteiger charge is 2.22. The molecule has 2 rings (SSSR count). The Kier molecular flexibility index (Phi) is 7.64. The molecule has 7 nitrogen and oxygen atoms in total. The van der Waals surface area contributed by atoms with Crippen molar-refractivity contribution in [1.29, 1.82) is 0 Å². The zero-order valence-electron chi connectivity index (χ0n) is 17.4. The molecule has 0 heterocycles. The first kappa shape index (κ1) is 22.7. The number of nitrogens with one attached hydrogen (secondary N) is 1. The fourth-order valence-electron chi connectivity index (χ4n) is 2.89. The highest BCUT2D eigenvalue weighted by Crippen LogP contribution is 2.29. The summed E-state index contributed by atoms with van der Waals surface area (Å²) in [7, 11) is -0.457. The number of hydrogen-bond donors (Lipinski definition) is 1. The Morgan fingerprint density at radius 3 is 2.31 bits per heavy atom. The molecule has 0 spiro atoms. The SMILES string of the molecule is COc1ccc(OC)c([C@@H](C)NC(=O)CN(Cc2ccc(C)cc2)S(C)(=O)=O)c1. The van der Waals surface area contributed by atoms with Crippen LogP contribution in [0, 0.1) is 6.92 Å². The van der Waals surface area contributed by atoms with Gasteiger partial charge in [-0.3, -0.25) is 4.79 Å². The molecule has 29 heavy (non-hydrogen) atoms. The number of aryl methyl sites for hydroxylation is 1. The van der Waals surface area contributed by atoms with Crippen LogP contribution in [-0.2, 0) is 21.4 Å². The maximum Gasteiger partial charge on any atom is 0.235 e. The van der Waals surface area contributed by atoms with Gasteiger partial charge in [-0.1, -0.05) is 29.8 Å². The number of amides is 1. The van der Waals surface area contributed by atoms with Gasteiger partial charge in [-0.05, 0) is 37.6 Å². The van der Waals surface area contributed by atoms with Crippen LogP contribution >= 0.6 is 0 Å². The molecule has 0 aliphatic heterocycles. The number of ether oxygens (including phenoxy) is 2. The molecule has 0 bridgehead atoms. The van der Waals surface area contributed by atoms with E-state index in [1.165, 1.54) is 0 Å². The summed E-state index contributed by atoms with van der Waals surface area (Å²) in [6, 6.07) is 12.4. The molecule has 0 aliphatic rings. The van der Waals surface area contributed by atoms with Gasteiger partial charge in [0.15, 0.2) is 0 Å². The summed E-state index contributed by atoms with van der Waals surface area (Å²) in [6.07, 6.45) is 1.10. The van der Waals surface area contributed by atoms with Crippen LogP contribution in [0.25, 0.3) is 0 Å². The molecule has 1 N–H and O–H groups in total. The molecule has 2 aromatic rings. The minimum atomic E-state index is -3.56. The second kappa shape index (κ2) is 9.76. The molecule has 8 heteroatoms. The van der Waals surface area contributed by atoms with Gasteiger partial charge in [0.25, 0.3) is 0 Å². The number of carbonyl (C=O) groups is 1. The third kappa shape index (κ3) is 6.47. The first-order valence-corrected chi connectivity index (χ1v) is 11.0. The van der Waals surface area contributed by atoms with Gasteiger partial charge in [-0.15, -0.1) is 0 Å². The Balaban J connectivity index is 2.12. The Bertz CT molecular complexity index is 942. The quantitative estimate of drug-likeness (QED) is 0.674. The fourth-order valence-corrected chi connectivity index (χ4v) is 3.63. The molecular formula is C21H28N2O5S. The lowest BCUT2D eigenvalue weighted by atomic mass is 10.1. The summed E-state index contributed by atoms with van der Waals surface area (Å²) >= 11 is 0. The molecule has 0 fully saturated rings. The Morgan fingerprint density at radius 2 is 1.76 bits per heavy atom. The van der Waals surface area contributed by atoms with Crippen LogP contribution in [0.5, 0.6) is 11.5 Å². The molecule has 0 aromatic heterocycles. The molecule has 1 atom stereocenters. The van der Waals surface area contributed by atoms with Gasteiger partial charge in [0.2, 0.25) is 15.9 Å². The van der Waals surface area contributed by atoms with Crippen LogP contribution in [0.15, 0.2) is 42.5 Å². The summed E-state index contributed by atoms with van der Waals surface area (Å²) in [5, 5.41) is 2.84. The van der Waals surface area contributed by atoms with Crippen molar-refractivity contribution in [3.05, 3.63) is 59.2 Å². The number of carbonyl (C=O) groups excluding carboxylic acids is 1. The highest BCUT2D eigenvalue weighted by atomic mass is 32.2. The third-order valence-corrected chi connectivity index (χ3v) is 5.75. The first-order valence-electron chi connectivity index (χ1n) is 9.16. The zero-order chi connectivity index (χ0) is 21.6. The third-order valence-electron chi connectivity index (χ3n) is 4.55. The summed E-state index contributed by atoms with van der Waals surface area (Å²) < 4.78 is 36.1. The number of nitrogens with zero attached hydrogens (tertiary/aromatic N) is 1. The van der Waals surface area contributed by atoms with E-state index in [2.05, 4.69) is 5.32 Å². The average molecular weight is 421 g/mol. The van der Waals surface area contributed by atoms with Gasteiger partial charge in [-0.2, -0.15) is 4.31 Å². The molecule has 158 valence electrons. The lowest BCUT2D eigenvalue weighted by Gasteiger charge is -2.22. The van der Waals surface area contributed by atoms with E-state index < -0.39 is 22.0 Å². The number of hydrogen-bond acceptors (Lipinski definition) is 5. The molecule has 0 saturated carbocycles. The monoisotopic (exact) mass is 420 g/mol. The lowest BCUT2D eigenvalue weighted by Crippen LogP contribution is -2.40. The van der Waals surface area contributed by atoms with Crippen molar-refractivity contribution in [2.75, 3.05) is 27.0 Å². The minimum Gasteiger partial charge on any atom is -0.497 e. The molecule has 0 saturated heterocycles. The molecule has 0 unspecified atom stereocenters. The standard InChI is InChI=1S/C21H28N2O5S/c1-15-6-8-17(9-7-15)13-23(29(5,25)26)14-21(24)22-16(2)19-12-18(27-3)10-11-20(19)28-4/h6-12,16H,13-14H2,1-5H3,(H,22,24)/t16-/m1/s1. The zero-order valence-corrected chi connectivity index (χ0v) is 18.2. The second-order valence-electron chi connectivity index (χ2n) is 6.91. The van der Waals surface area contributed by atoms with Crippen LogP contribution in [-0.4, -0.2) is 45.7 Å².